The number of nitrogens with zero attached hydrogens (tertiary/aromatic N) is 1. The van der Waals surface area contributed by atoms with Gasteiger partial charge in [0.05, 0.1) is 4.90 Å². The topological polar surface area (TPSA) is 39.1 Å². The molecule has 0 N–H and O–H groups in total. The Balaban J connectivity index is 2.51. The van der Waals surface area contributed by atoms with Gasteiger partial charge in [0.15, 0.2) is 9.84 Å². The van der Waals surface area contributed by atoms with Crippen molar-refractivity contribution in [2.24, 2.45) is 0 Å². The first-order chi connectivity index (χ1) is 7.98. The van der Waals surface area contributed by atoms with E-state index >= 15 is 0 Å². The molecule has 3 nitrogen and oxygen atoms in total. The van der Waals surface area contributed by atoms with Crippen LogP contribution in [0.3, 0.4) is 0 Å². The second-order valence-electron chi connectivity index (χ2n) is 3.67. The third-order valence-electron chi connectivity index (χ3n) is 2.37. The molecule has 1 heterocycles. The van der Waals surface area contributed by atoms with Gasteiger partial charge in [0.1, 0.15) is 4.64 Å². The van der Waals surface area contributed by atoms with Gasteiger partial charge in [-0.05, 0) is 36.4 Å². The Morgan fingerprint density at radius 1 is 1.06 bits per heavy atom. The lowest BCUT2D eigenvalue weighted by Gasteiger charge is -2.07. The van der Waals surface area contributed by atoms with Crippen LogP contribution in [0.25, 0.3) is 5.69 Å². The first-order valence-corrected chi connectivity index (χ1v) is 7.26. The number of pyridine rings is 1. The number of benzene rings is 1. The van der Waals surface area contributed by atoms with Gasteiger partial charge in [0, 0.05) is 18.1 Å². The van der Waals surface area contributed by atoms with Crippen LogP contribution in [0.15, 0.2) is 53.6 Å². The van der Waals surface area contributed by atoms with Gasteiger partial charge in [0.2, 0.25) is 0 Å². The molecule has 0 unspecified atom stereocenters. The second kappa shape index (κ2) is 4.43. The van der Waals surface area contributed by atoms with E-state index in [1.54, 1.807) is 24.3 Å². The molecule has 0 bridgehead atoms. The molecule has 0 amide bonds. The van der Waals surface area contributed by atoms with Crippen LogP contribution in [0.4, 0.5) is 0 Å². The van der Waals surface area contributed by atoms with Crippen molar-refractivity contribution in [2.45, 2.75) is 4.90 Å². The molecule has 0 aliphatic heterocycles. The maximum absolute atomic E-state index is 11.3. The molecule has 0 spiro atoms. The largest absolute Gasteiger partial charge is 0.308 e. The van der Waals surface area contributed by atoms with Crippen LogP contribution in [-0.2, 0) is 9.84 Å². The van der Waals surface area contributed by atoms with Crippen LogP contribution < -0.4 is 0 Å². The number of hydrogen-bond acceptors (Lipinski definition) is 3. The first kappa shape index (κ1) is 12.0. The fraction of sp³-hybridized carbons (Fsp3) is 0.0833. The van der Waals surface area contributed by atoms with Gasteiger partial charge in [-0.25, -0.2) is 8.42 Å². The van der Waals surface area contributed by atoms with Gasteiger partial charge in [0.25, 0.3) is 0 Å². The van der Waals surface area contributed by atoms with E-state index in [-0.39, 0.29) is 0 Å². The van der Waals surface area contributed by atoms with Crippen molar-refractivity contribution in [3.63, 3.8) is 0 Å². The molecule has 2 rings (SSSR count). The Hall–Kier alpha value is -1.46. The van der Waals surface area contributed by atoms with E-state index in [4.69, 9.17) is 12.2 Å². The monoisotopic (exact) mass is 265 g/mol. The molecule has 2 aromatic rings. The lowest BCUT2D eigenvalue weighted by Crippen LogP contribution is -1.99. The summed E-state index contributed by atoms with van der Waals surface area (Å²) in [5.41, 5.74) is 0.850. The van der Waals surface area contributed by atoms with Crippen LogP contribution in [0.1, 0.15) is 0 Å². The van der Waals surface area contributed by atoms with E-state index in [9.17, 15) is 8.42 Å². The summed E-state index contributed by atoms with van der Waals surface area (Å²) in [4.78, 5) is 0.309. The maximum atomic E-state index is 11.3. The highest BCUT2D eigenvalue weighted by Gasteiger charge is 2.06. The van der Waals surface area contributed by atoms with Crippen molar-refractivity contribution in [3.8, 4) is 5.69 Å². The van der Waals surface area contributed by atoms with Crippen molar-refractivity contribution in [1.29, 1.82) is 0 Å². The smallest absolute Gasteiger partial charge is 0.175 e. The highest BCUT2D eigenvalue weighted by atomic mass is 32.2. The fourth-order valence-electron chi connectivity index (χ4n) is 1.49. The van der Waals surface area contributed by atoms with E-state index in [0.29, 0.717) is 9.54 Å². The molecule has 0 fully saturated rings. The van der Waals surface area contributed by atoms with Crippen LogP contribution in [0.5, 0.6) is 0 Å². The van der Waals surface area contributed by atoms with Crippen molar-refractivity contribution in [2.75, 3.05) is 6.26 Å². The van der Waals surface area contributed by atoms with Crippen LogP contribution >= 0.6 is 12.2 Å². The van der Waals surface area contributed by atoms with Gasteiger partial charge >= 0.3 is 0 Å². The Morgan fingerprint density at radius 3 is 2.24 bits per heavy atom. The third-order valence-corrected chi connectivity index (χ3v) is 3.83. The number of aromatic nitrogens is 1. The molecule has 0 atom stereocenters. The maximum Gasteiger partial charge on any atom is 0.175 e. The summed E-state index contributed by atoms with van der Waals surface area (Å²) in [6.07, 6.45) is 3.04. The minimum Gasteiger partial charge on any atom is -0.308 e. The van der Waals surface area contributed by atoms with E-state index < -0.39 is 9.84 Å². The zero-order valence-corrected chi connectivity index (χ0v) is 10.8. The van der Waals surface area contributed by atoms with Gasteiger partial charge < -0.3 is 4.57 Å². The Labute approximate surface area is 105 Å². The normalized spacial score (nSPS) is 11.4. The number of hydrogen-bond donors (Lipinski definition) is 0. The Bertz CT molecular complexity index is 685. The van der Waals surface area contributed by atoms with Gasteiger partial charge in [-0.15, -0.1) is 0 Å². The number of sulfone groups is 1. The summed E-state index contributed by atoms with van der Waals surface area (Å²) in [7, 11) is -3.15. The van der Waals surface area contributed by atoms with Gasteiger partial charge in [-0.1, -0.05) is 18.3 Å². The molecular weight excluding hydrogens is 254 g/mol. The average Bonchev–Trinajstić information content (AvgIpc) is 2.29. The summed E-state index contributed by atoms with van der Waals surface area (Å²) in [6, 6.07) is 12.2. The lowest BCUT2D eigenvalue weighted by molar-refractivity contribution is 0.602. The molecular formula is C12H11NO2S2. The average molecular weight is 265 g/mol. The molecule has 0 aliphatic rings. The lowest BCUT2D eigenvalue weighted by atomic mass is 10.3. The third kappa shape index (κ3) is 2.62. The first-order valence-electron chi connectivity index (χ1n) is 4.97. The minimum atomic E-state index is -3.15. The van der Waals surface area contributed by atoms with Crippen LogP contribution in [0.2, 0.25) is 0 Å². The molecule has 1 aromatic heterocycles. The summed E-state index contributed by atoms with van der Waals surface area (Å²) < 4.78 is 25.1. The molecule has 0 saturated carbocycles. The quantitative estimate of drug-likeness (QED) is 0.784. The van der Waals surface area contributed by atoms with Crippen LogP contribution in [0, 0.1) is 4.64 Å². The molecule has 0 aliphatic carbocycles. The highest BCUT2D eigenvalue weighted by Crippen LogP contribution is 2.14. The van der Waals surface area contributed by atoms with Crippen molar-refractivity contribution >= 4 is 22.1 Å². The number of rotatable bonds is 2. The van der Waals surface area contributed by atoms with Gasteiger partial charge in [-0.2, -0.15) is 0 Å². The zero-order valence-electron chi connectivity index (χ0n) is 9.20. The Morgan fingerprint density at radius 2 is 1.71 bits per heavy atom. The predicted octanol–water partition coefficient (Wildman–Crippen LogP) is 2.61. The van der Waals surface area contributed by atoms with E-state index in [0.717, 1.165) is 5.69 Å². The summed E-state index contributed by atoms with van der Waals surface area (Å²) in [5, 5.41) is 0. The molecule has 5 heteroatoms. The molecule has 0 saturated heterocycles. The van der Waals surface area contributed by atoms with E-state index in [2.05, 4.69) is 0 Å². The predicted molar refractivity (Wildman–Crippen MR) is 69.7 cm³/mol. The summed E-state index contributed by atoms with van der Waals surface area (Å²) in [5.74, 6) is 0. The SMILES string of the molecule is CS(=O)(=O)c1ccc(-n2ccccc2=S)cc1. The van der Waals surface area contributed by atoms with Crippen molar-refractivity contribution in [3.05, 3.63) is 53.3 Å². The molecule has 1 aromatic carbocycles. The zero-order chi connectivity index (χ0) is 12.5. The summed E-state index contributed by atoms with van der Waals surface area (Å²) >= 11 is 5.19. The van der Waals surface area contributed by atoms with Gasteiger partial charge in [-0.3, -0.25) is 0 Å². The Kier molecular flexibility index (Phi) is 3.13. The molecule has 88 valence electrons. The second-order valence-corrected chi connectivity index (χ2v) is 6.11. The van der Waals surface area contributed by atoms with Crippen molar-refractivity contribution in [1.82, 2.24) is 4.57 Å². The molecule has 0 radical (unpaired) electrons. The minimum absolute atomic E-state index is 0.309. The van der Waals surface area contributed by atoms with E-state index in [1.807, 2.05) is 29.0 Å². The van der Waals surface area contributed by atoms with Crippen molar-refractivity contribution < 1.29 is 8.42 Å². The highest BCUT2D eigenvalue weighted by molar-refractivity contribution is 7.90. The fourth-order valence-corrected chi connectivity index (χ4v) is 2.37. The standard InChI is InChI=1S/C12H11NO2S2/c1-17(14,15)11-7-5-10(6-8-11)13-9-3-2-4-12(13)16/h2-9H,1H3. The summed E-state index contributed by atoms with van der Waals surface area (Å²) in [6.45, 7) is 0. The van der Waals surface area contributed by atoms with Crippen LogP contribution in [-0.4, -0.2) is 19.2 Å². The molecule has 17 heavy (non-hydrogen) atoms. The van der Waals surface area contributed by atoms with E-state index in [1.165, 1.54) is 6.26 Å².